The Bertz CT molecular complexity index is 944. The highest BCUT2D eigenvalue weighted by molar-refractivity contribution is 7.17. The van der Waals surface area contributed by atoms with Crippen LogP contribution in [0.3, 0.4) is 0 Å². The number of halogens is 1. The van der Waals surface area contributed by atoms with E-state index in [-0.39, 0.29) is 6.54 Å². The lowest BCUT2D eigenvalue weighted by molar-refractivity contribution is 0.0691. The molecule has 0 atom stereocenters. The predicted octanol–water partition coefficient (Wildman–Crippen LogP) is 2.65. The van der Waals surface area contributed by atoms with Gasteiger partial charge in [-0.3, -0.25) is 4.79 Å². The first kappa shape index (κ1) is 14.3. The Labute approximate surface area is 127 Å². The first-order valence-electron chi connectivity index (χ1n) is 6.29. The maximum atomic E-state index is 13.3. The SMILES string of the molecule is O=C(O)c1c(O)c2sccc2n(Cc2cccc(F)c2)c1=O. The molecule has 0 aliphatic carbocycles. The van der Waals surface area contributed by atoms with Gasteiger partial charge in [-0.1, -0.05) is 12.1 Å². The molecule has 7 heteroatoms. The van der Waals surface area contributed by atoms with Gasteiger partial charge < -0.3 is 14.8 Å². The number of rotatable bonds is 3. The minimum atomic E-state index is -1.49. The topological polar surface area (TPSA) is 79.5 Å². The van der Waals surface area contributed by atoms with Gasteiger partial charge >= 0.3 is 5.97 Å². The van der Waals surface area contributed by atoms with Gasteiger partial charge in [-0.2, -0.15) is 0 Å². The zero-order valence-corrected chi connectivity index (χ0v) is 11.9. The van der Waals surface area contributed by atoms with Crippen LogP contribution >= 0.6 is 11.3 Å². The molecule has 3 rings (SSSR count). The van der Waals surface area contributed by atoms with Crippen LogP contribution < -0.4 is 5.56 Å². The molecular formula is C15H10FNO4S. The molecule has 0 bridgehead atoms. The maximum Gasteiger partial charge on any atom is 0.345 e. The number of aromatic nitrogens is 1. The summed E-state index contributed by atoms with van der Waals surface area (Å²) in [5.74, 6) is -2.46. The van der Waals surface area contributed by atoms with Gasteiger partial charge in [0.25, 0.3) is 5.56 Å². The Morgan fingerprint density at radius 3 is 2.77 bits per heavy atom. The predicted molar refractivity (Wildman–Crippen MR) is 80.2 cm³/mol. The molecule has 0 aliphatic heterocycles. The van der Waals surface area contributed by atoms with E-state index in [9.17, 15) is 19.1 Å². The lowest BCUT2D eigenvalue weighted by Gasteiger charge is -2.11. The molecule has 0 saturated heterocycles. The van der Waals surface area contributed by atoms with Crippen molar-refractivity contribution in [2.45, 2.75) is 6.54 Å². The first-order valence-corrected chi connectivity index (χ1v) is 7.17. The van der Waals surface area contributed by atoms with Gasteiger partial charge in [0.15, 0.2) is 11.3 Å². The summed E-state index contributed by atoms with van der Waals surface area (Å²) < 4.78 is 14.8. The molecule has 0 radical (unpaired) electrons. The molecule has 1 aromatic carbocycles. The Morgan fingerprint density at radius 1 is 1.32 bits per heavy atom. The Hall–Kier alpha value is -2.67. The van der Waals surface area contributed by atoms with E-state index in [2.05, 4.69) is 0 Å². The highest BCUT2D eigenvalue weighted by Gasteiger charge is 2.22. The van der Waals surface area contributed by atoms with Crippen LogP contribution in [-0.2, 0) is 6.54 Å². The van der Waals surface area contributed by atoms with Gasteiger partial charge in [-0.15, -0.1) is 11.3 Å². The summed E-state index contributed by atoms with van der Waals surface area (Å²) in [7, 11) is 0. The van der Waals surface area contributed by atoms with Crippen molar-refractivity contribution < 1.29 is 19.4 Å². The molecule has 0 saturated carbocycles. The standard InChI is InChI=1S/C15H10FNO4S/c16-9-3-1-2-8(6-9)7-17-10-4-5-22-13(10)12(18)11(14(17)19)15(20)21/h1-6,18H,7H2,(H,20,21). The van der Waals surface area contributed by atoms with Crippen molar-refractivity contribution in [3.63, 3.8) is 0 Å². The van der Waals surface area contributed by atoms with Crippen molar-refractivity contribution >= 4 is 27.5 Å². The number of thiophene rings is 1. The Morgan fingerprint density at radius 2 is 2.09 bits per heavy atom. The van der Waals surface area contributed by atoms with Crippen LogP contribution in [0.25, 0.3) is 10.2 Å². The maximum absolute atomic E-state index is 13.3. The number of nitrogens with zero attached hydrogens (tertiary/aromatic N) is 1. The quantitative estimate of drug-likeness (QED) is 0.778. The number of pyridine rings is 1. The van der Waals surface area contributed by atoms with Gasteiger partial charge in [0.2, 0.25) is 0 Å². The average molecular weight is 319 g/mol. The zero-order chi connectivity index (χ0) is 15.9. The molecule has 2 aromatic heterocycles. The second-order valence-electron chi connectivity index (χ2n) is 4.68. The number of aromatic hydroxyl groups is 1. The van der Waals surface area contributed by atoms with Gasteiger partial charge in [0, 0.05) is 0 Å². The summed E-state index contributed by atoms with van der Waals surface area (Å²) in [6.07, 6.45) is 0. The minimum absolute atomic E-state index is 0.0182. The third-order valence-electron chi connectivity index (χ3n) is 3.29. The van der Waals surface area contributed by atoms with Crippen molar-refractivity contribution in [2.24, 2.45) is 0 Å². The van der Waals surface area contributed by atoms with E-state index in [1.807, 2.05) is 0 Å². The molecule has 0 spiro atoms. The molecular weight excluding hydrogens is 309 g/mol. The zero-order valence-electron chi connectivity index (χ0n) is 11.1. The number of benzene rings is 1. The molecule has 112 valence electrons. The smallest absolute Gasteiger partial charge is 0.345 e. The van der Waals surface area contributed by atoms with Crippen LogP contribution in [0.1, 0.15) is 15.9 Å². The van der Waals surface area contributed by atoms with Crippen molar-refractivity contribution in [2.75, 3.05) is 0 Å². The van der Waals surface area contributed by atoms with E-state index in [1.54, 1.807) is 17.5 Å². The summed E-state index contributed by atoms with van der Waals surface area (Å²) in [5.41, 5.74) is -0.551. The van der Waals surface area contributed by atoms with Crippen LogP contribution in [0.4, 0.5) is 4.39 Å². The summed E-state index contributed by atoms with van der Waals surface area (Å²) in [4.78, 5) is 23.6. The van der Waals surface area contributed by atoms with Crippen LogP contribution in [0, 0.1) is 5.82 Å². The number of carboxylic acid groups (broad SMARTS) is 1. The second kappa shape index (κ2) is 5.27. The van der Waals surface area contributed by atoms with Gasteiger partial charge in [-0.25, -0.2) is 9.18 Å². The molecule has 3 aromatic rings. The number of fused-ring (bicyclic) bond motifs is 1. The highest BCUT2D eigenvalue weighted by atomic mass is 32.1. The number of hydrogen-bond donors (Lipinski definition) is 2. The monoisotopic (exact) mass is 319 g/mol. The summed E-state index contributed by atoms with van der Waals surface area (Å²) in [6, 6.07) is 7.33. The fourth-order valence-corrected chi connectivity index (χ4v) is 3.16. The fraction of sp³-hybridized carbons (Fsp3) is 0.0667. The third-order valence-corrected chi connectivity index (χ3v) is 4.20. The number of carbonyl (C=O) groups is 1. The molecule has 0 amide bonds. The Kier molecular flexibility index (Phi) is 3.42. The van der Waals surface area contributed by atoms with Crippen molar-refractivity contribution in [3.8, 4) is 5.75 Å². The van der Waals surface area contributed by atoms with Crippen LogP contribution in [0.15, 0.2) is 40.5 Å². The van der Waals surface area contributed by atoms with Gasteiger partial charge in [0.05, 0.1) is 16.8 Å². The summed E-state index contributed by atoms with van der Waals surface area (Å²) in [5, 5.41) is 20.8. The first-order chi connectivity index (χ1) is 10.5. The minimum Gasteiger partial charge on any atom is -0.505 e. The molecule has 2 heterocycles. The van der Waals surface area contributed by atoms with E-state index in [0.29, 0.717) is 15.8 Å². The largest absolute Gasteiger partial charge is 0.505 e. The summed E-state index contributed by atoms with van der Waals surface area (Å²) in [6.45, 7) is 0.0182. The van der Waals surface area contributed by atoms with Crippen molar-refractivity contribution in [3.05, 3.63) is 63.0 Å². The van der Waals surface area contributed by atoms with Gasteiger partial charge in [-0.05, 0) is 29.1 Å². The lowest BCUT2D eigenvalue weighted by atomic mass is 10.2. The second-order valence-corrected chi connectivity index (χ2v) is 5.60. The van der Waals surface area contributed by atoms with E-state index in [1.165, 1.54) is 22.8 Å². The Balaban J connectivity index is 2.27. The highest BCUT2D eigenvalue weighted by Crippen LogP contribution is 2.31. The number of hydrogen-bond acceptors (Lipinski definition) is 4. The fourth-order valence-electron chi connectivity index (χ4n) is 2.32. The normalized spacial score (nSPS) is 11.0. The van der Waals surface area contributed by atoms with Crippen molar-refractivity contribution in [1.29, 1.82) is 0 Å². The number of aromatic carboxylic acids is 1. The molecule has 0 aliphatic rings. The third kappa shape index (κ3) is 2.25. The molecule has 2 N–H and O–H groups in total. The van der Waals surface area contributed by atoms with E-state index >= 15 is 0 Å². The van der Waals surface area contributed by atoms with Crippen molar-refractivity contribution in [1.82, 2.24) is 4.57 Å². The van der Waals surface area contributed by atoms with E-state index < -0.39 is 28.7 Å². The van der Waals surface area contributed by atoms with Crippen LogP contribution in [-0.4, -0.2) is 20.7 Å². The van der Waals surface area contributed by atoms with Crippen LogP contribution in [0.5, 0.6) is 5.75 Å². The van der Waals surface area contributed by atoms with Crippen LogP contribution in [0.2, 0.25) is 0 Å². The van der Waals surface area contributed by atoms with Gasteiger partial charge in [0.1, 0.15) is 5.82 Å². The molecule has 5 nitrogen and oxygen atoms in total. The average Bonchev–Trinajstić information content (AvgIpc) is 2.93. The molecule has 0 unspecified atom stereocenters. The lowest BCUT2D eigenvalue weighted by Crippen LogP contribution is -2.27. The van der Waals surface area contributed by atoms with E-state index in [4.69, 9.17) is 5.11 Å². The molecule has 0 fully saturated rings. The number of carboxylic acids is 1. The summed E-state index contributed by atoms with van der Waals surface area (Å²) >= 11 is 1.13. The van der Waals surface area contributed by atoms with E-state index in [0.717, 1.165) is 11.3 Å². The molecule has 22 heavy (non-hydrogen) atoms.